The number of nitrogens with zero attached hydrogens (tertiary/aromatic N) is 6. The number of ether oxygens (including phenoxy) is 1. The summed E-state index contributed by atoms with van der Waals surface area (Å²) in [5, 5.41) is 12.5. The number of hydrogen-bond donors (Lipinski definition) is 2. The van der Waals surface area contributed by atoms with Gasteiger partial charge in [0.05, 0.1) is 16.4 Å². The van der Waals surface area contributed by atoms with Crippen molar-refractivity contribution in [2.24, 2.45) is 0 Å². The Labute approximate surface area is 291 Å². The van der Waals surface area contributed by atoms with E-state index in [1.807, 2.05) is 28.2 Å². The quantitative estimate of drug-likeness (QED) is 0.422. The molecule has 5 aliphatic rings. The highest BCUT2D eigenvalue weighted by Gasteiger charge is 2.45. The van der Waals surface area contributed by atoms with E-state index >= 15 is 0 Å². The fourth-order valence-corrected chi connectivity index (χ4v) is 9.25. The van der Waals surface area contributed by atoms with Crippen LogP contribution >= 0.6 is 22.9 Å². The number of fused-ring (bicyclic) bond motifs is 3. The van der Waals surface area contributed by atoms with Crippen LogP contribution in [0.1, 0.15) is 42.9 Å². The Morgan fingerprint density at radius 3 is 2.48 bits per heavy atom. The maximum atomic E-state index is 14.1. The van der Waals surface area contributed by atoms with Crippen LogP contribution in [0.3, 0.4) is 0 Å². The highest BCUT2D eigenvalue weighted by atomic mass is 35.5. The van der Waals surface area contributed by atoms with E-state index in [0.717, 1.165) is 49.4 Å². The van der Waals surface area contributed by atoms with Gasteiger partial charge in [0.15, 0.2) is 6.10 Å². The maximum Gasteiger partial charge on any atom is 0.410 e. The Kier molecular flexibility index (Phi) is 9.76. The molecule has 2 unspecified atom stereocenters. The summed E-state index contributed by atoms with van der Waals surface area (Å²) >= 11 is 8.09. The van der Waals surface area contributed by atoms with Crippen LogP contribution in [0.4, 0.5) is 21.0 Å². The molecule has 5 aliphatic heterocycles. The third kappa shape index (κ3) is 6.72. The molecule has 4 saturated heterocycles. The van der Waals surface area contributed by atoms with Crippen LogP contribution in [0.15, 0.2) is 22.9 Å². The summed E-state index contributed by atoms with van der Waals surface area (Å²) in [7, 11) is 2.20. The standard InChI is InChI=1S/C34H47ClN8O4S/c1-3-23-14-22(15-28(35)31(23)36)16-30(32(44)39-10-12-41(13-11-39)43-19-26-17-27(43)18-38(26)2)47-34(46)40-7-5-25(6-8-40)42-9-4-24-20-48-21-29(24)37-33(42)45/h14-15,20-21,25-27,30H,3-13,16-19,36H2,1-2H3,(H,37,45)/t26?,27?,30-/m1/s1. The zero-order valence-corrected chi connectivity index (χ0v) is 29.5. The van der Waals surface area contributed by atoms with Crippen molar-refractivity contribution < 1.29 is 19.1 Å². The number of likely N-dealkylation sites (N-methyl/N-ethyl adjacent to an activating group) is 1. The number of nitrogens with one attached hydrogen (secondary N) is 1. The molecule has 48 heavy (non-hydrogen) atoms. The first-order valence-corrected chi connectivity index (χ1v) is 18.7. The first-order valence-electron chi connectivity index (χ1n) is 17.3. The fraction of sp³-hybridized carbons (Fsp3) is 0.618. The average molecular weight is 699 g/mol. The summed E-state index contributed by atoms with van der Waals surface area (Å²) < 4.78 is 6.09. The largest absolute Gasteiger partial charge is 0.436 e. The molecular weight excluding hydrogens is 652 g/mol. The van der Waals surface area contributed by atoms with E-state index in [1.165, 1.54) is 12.0 Å². The second-order valence-electron chi connectivity index (χ2n) is 13.9. The molecule has 0 radical (unpaired) electrons. The van der Waals surface area contributed by atoms with Gasteiger partial charge in [0, 0.05) is 88.8 Å². The molecule has 2 aromatic rings. The van der Waals surface area contributed by atoms with Crippen molar-refractivity contribution in [1.82, 2.24) is 29.6 Å². The molecule has 3 N–H and O–H groups in total. The number of benzene rings is 1. The molecule has 1 aromatic carbocycles. The van der Waals surface area contributed by atoms with Gasteiger partial charge in [0.25, 0.3) is 5.91 Å². The Morgan fingerprint density at radius 1 is 1.02 bits per heavy atom. The summed E-state index contributed by atoms with van der Waals surface area (Å²) in [6.45, 7) is 8.38. The normalized spacial score (nSPS) is 24.8. The predicted molar refractivity (Wildman–Crippen MR) is 187 cm³/mol. The number of piperazine rings is 2. The summed E-state index contributed by atoms with van der Waals surface area (Å²) in [4.78, 5) is 48.6. The number of rotatable bonds is 7. The van der Waals surface area contributed by atoms with Crippen LogP contribution in [-0.2, 0) is 28.8 Å². The SMILES string of the molecule is CCc1cc(C[C@@H](OC(=O)N2CCC(N3CCc4cscc4NC3=O)CC2)C(=O)N2CCN(N3CC4CC3CN4C)CC2)cc(Cl)c1N. The van der Waals surface area contributed by atoms with E-state index in [1.54, 1.807) is 22.3 Å². The van der Waals surface area contributed by atoms with Crippen molar-refractivity contribution in [2.75, 3.05) is 77.0 Å². The van der Waals surface area contributed by atoms with Crippen molar-refractivity contribution in [1.29, 1.82) is 0 Å². The number of hydrazine groups is 1. The first kappa shape index (κ1) is 33.4. The lowest BCUT2D eigenvalue weighted by Gasteiger charge is -2.44. The van der Waals surface area contributed by atoms with Gasteiger partial charge in [-0.25, -0.2) is 19.6 Å². The van der Waals surface area contributed by atoms with E-state index < -0.39 is 12.2 Å². The third-order valence-electron chi connectivity index (χ3n) is 11.0. The van der Waals surface area contributed by atoms with E-state index in [0.29, 0.717) is 74.8 Å². The second kappa shape index (κ2) is 14.0. The highest BCUT2D eigenvalue weighted by Crippen LogP contribution is 2.32. The number of hydrogen-bond acceptors (Lipinski definition) is 9. The lowest BCUT2D eigenvalue weighted by molar-refractivity contribution is -0.148. The zero-order valence-electron chi connectivity index (χ0n) is 27.9. The van der Waals surface area contributed by atoms with Gasteiger partial charge in [-0.2, -0.15) is 0 Å². The molecule has 12 nitrogen and oxygen atoms in total. The number of piperidine rings is 1. The van der Waals surface area contributed by atoms with Crippen LogP contribution in [0, 0.1) is 0 Å². The van der Waals surface area contributed by atoms with Gasteiger partial charge < -0.3 is 35.4 Å². The molecule has 1 aromatic heterocycles. The van der Waals surface area contributed by atoms with Gasteiger partial charge in [-0.05, 0) is 67.3 Å². The van der Waals surface area contributed by atoms with Crippen LogP contribution in [0.25, 0.3) is 0 Å². The van der Waals surface area contributed by atoms with Gasteiger partial charge >= 0.3 is 12.1 Å². The minimum Gasteiger partial charge on any atom is -0.436 e. The smallest absolute Gasteiger partial charge is 0.410 e. The Bertz CT molecular complexity index is 1520. The molecule has 3 atom stereocenters. The number of nitrogens with two attached hydrogens (primary N) is 1. The van der Waals surface area contributed by atoms with E-state index in [2.05, 4.69) is 32.7 Å². The summed E-state index contributed by atoms with van der Waals surface area (Å²) in [5.74, 6) is -0.180. The molecule has 14 heteroatoms. The van der Waals surface area contributed by atoms with Crippen LogP contribution in [0.5, 0.6) is 0 Å². The Hall–Kier alpha value is -3.10. The van der Waals surface area contributed by atoms with Crippen molar-refractivity contribution in [3.05, 3.63) is 44.6 Å². The number of carbonyl (C=O) groups is 3. The fourth-order valence-electron chi connectivity index (χ4n) is 8.17. The van der Waals surface area contributed by atoms with Crippen LogP contribution < -0.4 is 11.1 Å². The maximum absolute atomic E-state index is 14.1. The monoisotopic (exact) mass is 698 g/mol. The summed E-state index contributed by atoms with van der Waals surface area (Å²) in [6.07, 6.45) is 2.74. The third-order valence-corrected chi connectivity index (χ3v) is 12.1. The minimum atomic E-state index is -0.988. The molecule has 6 heterocycles. The molecule has 2 bridgehead atoms. The van der Waals surface area contributed by atoms with Gasteiger partial charge in [0.1, 0.15) is 0 Å². The van der Waals surface area contributed by atoms with E-state index in [9.17, 15) is 14.4 Å². The number of nitrogen functional groups attached to an aromatic ring is 1. The highest BCUT2D eigenvalue weighted by molar-refractivity contribution is 7.08. The minimum absolute atomic E-state index is 0.0334. The van der Waals surface area contributed by atoms with Crippen molar-refractivity contribution in [3.63, 3.8) is 0 Å². The van der Waals surface area contributed by atoms with Gasteiger partial charge in [-0.15, -0.1) is 11.3 Å². The number of anilines is 2. The zero-order chi connectivity index (χ0) is 33.5. The average Bonchev–Trinajstić information content (AvgIpc) is 3.79. The molecule has 0 aliphatic carbocycles. The van der Waals surface area contributed by atoms with Crippen LogP contribution in [0.2, 0.25) is 5.02 Å². The second-order valence-corrected chi connectivity index (χ2v) is 15.0. The number of likely N-dealkylation sites (tertiary alicyclic amines) is 2. The lowest BCUT2D eigenvalue weighted by atomic mass is 10.0. The number of urea groups is 1. The molecule has 4 amide bonds. The number of amides is 4. The van der Waals surface area contributed by atoms with Crippen molar-refractivity contribution in [3.8, 4) is 0 Å². The first-order chi connectivity index (χ1) is 23.2. The van der Waals surface area contributed by atoms with Crippen molar-refractivity contribution >= 4 is 52.3 Å². The van der Waals surface area contributed by atoms with E-state index in [-0.39, 0.29) is 24.4 Å². The number of carbonyl (C=O) groups excluding carboxylic acids is 3. The lowest BCUT2D eigenvalue weighted by Crippen LogP contribution is -2.60. The predicted octanol–water partition coefficient (Wildman–Crippen LogP) is 3.60. The molecule has 260 valence electrons. The summed E-state index contributed by atoms with van der Waals surface area (Å²) in [6, 6.07) is 4.84. The molecule has 0 saturated carbocycles. The number of halogens is 1. The Balaban J connectivity index is 0.993. The topological polar surface area (TPSA) is 118 Å². The Morgan fingerprint density at radius 2 is 1.79 bits per heavy atom. The van der Waals surface area contributed by atoms with Gasteiger partial charge in [0.2, 0.25) is 0 Å². The molecule has 4 fully saturated rings. The number of thiophene rings is 1. The molecule has 0 spiro atoms. The van der Waals surface area contributed by atoms with Gasteiger partial charge in [-0.1, -0.05) is 24.6 Å². The van der Waals surface area contributed by atoms with Crippen LogP contribution in [-0.4, -0.2) is 138 Å². The van der Waals surface area contributed by atoms with E-state index in [4.69, 9.17) is 22.1 Å². The van der Waals surface area contributed by atoms with Gasteiger partial charge in [-0.3, -0.25) is 4.79 Å². The molecular formula is C34H47ClN8O4S. The van der Waals surface area contributed by atoms with Crippen molar-refractivity contribution in [2.45, 2.75) is 69.7 Å². The summed E-state index contributed by atoms with van der Waals surface area (Å²) in [5.41, 5.74) is 10.5. The number of aryl methyl sites for hydroxylation is 1. The molecule has 7 rings (SSSR count).